The molecular weight excluding hydrogens is 264 g/mol. The summed E-state index contributed by atoms with van der Waals surface area (Å²) in [6, 6.07) is 0. The summed E-state index contributed by atoms with van der Waals surface area (Å²) in [5.74, 6) is 0.806. The Morgan fingerprint density at radius 2 is 2.19 bits per heavy atom. The molecule has 1 saturated carbocycles. The zero-order valence-electron chi connectivity index (χ0n) is 12.8. The van der Waals surface area contributed by atoms with Crippen molar-refractivity contribution in [3.8, 4) is 0 Å². The Morgan fingerprint density at radius 3 is 2.90 bits per heavy atom. The van der Waals surface area contributed by atoms with Gasteiger partial charge in [-0.05, 0) is 50.9 Å². The van der Waals surface area contributed by atoms with Gasteiger partial charge in [-0.15, -0.1) is 0 Å². The smallest absolute Gasteiger partial charge is 0.225 e. The van der Waals surface area contributed by atoms with Gasteiger partial charge in [-0.1, -0.05) is 11.6 Å². The van der Waals surface area contributed by atoms with E-state index in [4.69, 9.17) is 0 Å². The summed E-state index contributed by atoms with van der Waals surface area (Å²) in [5.41, 5.74) is 1.49. The van der Waals surface area contributed by atoms with Crippen LogP contribution in [0, 0.1) is 11.8 Å². The van der Waals surface area contributed by atoms with Gasteiger partial charge in [0.2, 0.25) is 11.8 Å². The monoisotopic (exact) mass is 290 g/mol. The van der Waals surface area contributed by atoms with Crippen molar-refractivity contribution >= 4 is 11.8 Å². The minimum absolute atomic E-state index is 0.0676. The maximum absolute atomic E-state index is 12.2. The highest BCUT2D eigenvalue weighted by Crippen LogP contribution is 2.32. The fraction of sp³-hybridized carbons (Fsp3) is 0.765. The summed E-state index contributed by atoms with van der Waals surface area (Å²) in [4.78, 5) is 26.0. The molecule has 3 rings (SSSR count). The predicted octanol–water partition coefficient (Wildman–Crippen LogP) is 2.25. The average Bonchev–Trinajstić information content (AvgIpc) is 3.23. The summed E-state index contributed by atoms with van der Waals surface area (Å²) in [7, 11) is 0. The number of amides is 2. The number of nitrogens with zero attached hydrogens (tertiary/aromatic N) is 1. The molecule has 1 heterocycles. The van der Waals surface area contributed by atoms with Crippen molar-refractivity contribution in [1.82, 2.24) is 10.2 Å². The molecule has 0 spiro atoms. The van der Waals surface area contributed by atoms with Crippen molar-refractivity contribution in [3.63, 3.8) is 0 Å². The third kappa shape index (κ3) is 4.08. The summed E-state index contributed by atoms with van der Waals surface area (Å²) in [6.45, 7) is 2.22. The molecule has 1 atom stereocenters. The number of nitrogens with one attached hydrogen (secondary N) is 1. The van der Waals surface area contributed by atoms with Crippen LogP contribution in [0.1, 0.15) is 51.4 Å². The van der Waals surface area contributed by atoms with Crippen LogP contribution >= 0.6 is 0 Å². The third-order valence-electron chi connectivity index (χ3n) is 4.89. The Labute approximate surface area is 127 Å². The van der Waals surface area contributed by atoms with E-state index in [-0.39, 0.29) is 17.7 Å². The van der Waals surface area contributed by atoms with Gasteiger partial charge in [-0.3, -0.25) is 9.59 Å². The number of rotatable bonds is 6. The second-order valence-electron chi connectivity index (χ2n) is 6.79. The summed E-state index contributed by atoms with van der Waals surface area (Å²) >= 11 is 0. The van der Waals surface area contributed by atoms with E-state index < -0.39 is 0 Å². The fourth-order valence-electron chi connectivity index (χ4n) is 3.36. The van der Waals surface area contributed by atoms with Crippen LogP contribution in [0.5, 0.6) is 0 Å². The van der Waals surface area contributed by atoms with Gasteiger partial charge in [0.1, 0.15) is 0 Å². The SMILES string of the molecule is O=C(NCCC1=CCCCC1)[C@@H]1CC(=O)N(CC2CC2)C1. The van der Waals surface area contributed by atoms with E-state index in [1.54, 1.807) is 0 Å². The molecule has 0 aromatic rings. The maximum atomic E-state index is 12.2. The van der Waals surface area contributed by atoms with E-state index >= 15 is 0 Å². The average molecular weight is 290 g/mol. The largest absolute Gasteiger partial charge is 0.355 e. The van der Waals surface area contributed by atoms with Crippen molar-refractivity contribution in [2.24, 2.45) is 11.8 Å². The van der Waals surface area contributed by atoms with Crippen molar-refractivity contribution in [2.45, 2.75) is 51.4 Å². The fourth-order valence-corrected chi connectivity index (χ4v) is 3.36. The van der Waals surface area contributed by atoms with Crippen LogP contribution in [-0.2, 0) is 9.59 Å². The second-order valence-corrected chi connectivity index (χ2v) is 6.79. The predicted molar refractivity (Wildman–Crippen MR) is 81.6 cm³/mol. The van der Waals surface area contributed by atoms with Crippen molar-refractivity contribution in [2.75, 3.05) is 19.6 Å². The molecule has 0 aromatic heterocycles. The normalized spacial score (nSPS) is 25.9. The van der Waals surface area contributed by atoms with Gasteiger partial charge in [0.15, 0.2) is 0 Å². The zero-order valence-corrected chi connectivity index (χ0v) is 12.8. The number of hydrogen-bond acceptors (Lipinski definition) is 2. The molecule has 116 valence electrons. The highest BCUT2D eigenvalue weighted by Gasteiger charge is 2.36. The lowest BCUT2D eigenvalue weighted by molar-refractivity contribution is -0.129. The lowest BCUT2D eigenvalue weighted by atomic mass is 9.97. The standard InChI is InChI=1S/C17H26N2O2/c20-16-10-15(12-19(16)11-14-6-7-14)17(21)18-9-8-13-4-2-1-3-5-13/h4,14-15H,1-3,5-12H2,(H,18,21)/t15-/m1/s1. The molecule has 21 heavy (non-hydrogen) atoms. The van der Waals surface area contributed by atoms with Crippen molar-refractivity contribution in [3.05, 3.63) is 11.6 Å². The molecule has 4 heteroatoms. The molecular formula is C17H26N2O2. The molecule has 1 N–H and O–H groups in total. The molecule has 4 nitrogen and oxygen atoms in total. The third-order valence-corrected chi connectivity index (χ3v) is 4.89. The van der Waals surface area contributed by atoms with Crippen LogP contribution in [0.4, 0.5) is 0 Å². The summed E-state index contributed by atoms with van der Waals surface area (Å²) in [6.07, 6.45) is 11.2. The minimum atomic E-state index is -0.128. The van der Waals surface area contributed by atoms with E-state index in [1.165, 1.54) is 44.1 Å². The Balaban J connectivity index is 1.38. The topological polar surface area (TPSA) is 49.4 Å². The molecule has 2 aliphatic carbocycles. The molecule has 1 saturated heterocycles. The van der Waals surface area contributed by atoms with E-state index in [2.05, 4.69) is 11.4 Å². The zero-order chi connectivity index (χ0) is 14.7. The number of hydrogen-bond donors (Lipinski definition) is 1. The van der Waals surface area contributed by atoms with Crippen LogP contribution in [0.2, 0.25) is 0 Å². The Hall–Kier alpha value is -1.32. The Bertz CT molecular complexity index is 440. The summed E-state index contributed by atoms with van der Waals surface area (Å²) in [5, 5.41) is 3.02. The second kappa shape index (κ2) is 6.63. The maximum Gasteiger partial charge on any atom is 0.225 e. The number of carbonyl (C=O) groups is 2. The number of likely N-dealkylation sites (tertiary alicyclic amines) is 1. The highest BCUT2D eigenvalue weighted by atomic mass is 16.2. The molecule has 3 aliphatic rings. The van der Waals surface area contributed by atoms with Crippen LogP contribution in [0.25, 0.3) is 0 Å². The minimum Gasteiger partial charge on any atom is -0.355 e. The number of allylic oxidation sites excluding steroid dienone is 1. The van der Waals surface area contributed by atoms with Crippen LogP contribution in [0.3, 0.4) is 0 Å². The Kier molecular flexibility index (Phi) is 4.61. The van der Waals surface area contributed by atoms with Gasteiger partial charge >= 0.3 is 0 Å². The van der Waals surface area contributed by atoms with E-state index in [1.807, 2.05) is 4.90 Å². The summed E-state index contributed by atoms with van der Waals surface area (Å²) < 4.78 is 0. The van der Waals surface area contributed by atoms with E-state index in [0.29, 0.717) is 18.9 Å². The first-order valence-electron chi connectivity index (χ1n) is 8.46. The molecule has 0 radical (unpaired) electrons. The molecule has 2 fully saturated rings. The van der Waals surface area contributed by atoms with Gasteiger partial charge < -0.3 is 10.2 Å². The van der Waals surface area contributed by atoms with Gasteiger partial charge in [0.05, 0.1) is 5.92 Å². The van der Waals surface area contributed by atoms with Gasteiger partial charge in [0.25, 0.3) is 0 Å². The van der Waals surface area contributed by atoms with Gasteiger partial charge in [-0.25, -0.2) is 0 Å². The first kappa shape index (κ1) is 14.6. The first-order chi connectivity index (χ1) is 10.2. The van der Waals surface area contributed by atoms with Crippen LogP contribution < -0.4 is 5.32 Å². The molecule has 0 unspecified atom stereocenters. The lowest BCUT2D eigenvalue weighted by Crippen LogP contribution is -2.34. The molecule has 0 aromatic carbocycles. The molecule has 2 amide bonds. The first-order valence-corrected chi connectivity index (χ1v) is 8.46. The van der Waals surface area contributed by atoms with Gasteiger partial charge in [0, 0.05) is 26.1 Å². The van der Waals surface area contributed by atoms with Crippen LogP contribution in [-0.4, -0.2) is 36.3 Å². The molecule has 0 bridgehead atoms. The number of carbonyl (C=O) groups excluding carboxylic acids is 2. The quantitative estimate of drug-likeness (QED) is 0.763. The Morgan fingerprint density at radius 1 is 1.33 bits per heavy atom. The van der Waals surface area contributed by atoms with E-state index in [0.717, 1.165) is 19.5 Å². The molecule has 1 aliphatic heterocycles. The lowest BCUT2D eigenvalue weighted by Gasteiger charge is -2.16. The van der Waals surface area contributed by atoms with Crippen molar-refractivity contribution in [1.29, 1.82) is 0 Å². The highest BCUT2D eigenvalue weighted by molar-refractivity contribution is 5.89. The van der Waals surface area contributed by atoms with Gasteiger partial charge in [-0.2, -0.15) is 0 Å². The van der Waals surface area contributed by atoms with Crippen LogP contribution in [0.15, 0.2) is 11.6 Å². The van der Waals surface area contributed by atoms with E-state index in [9.17, 15) is 9.59 Å². The van der Waals surface area contributed by atoms with Crippen molar-refractivity contribution < 1.29 is 9.59 Å².